The van der Waals surface area contributed by atoms with Crippen LogP contribution in [0, 0.1) is 9.49 Å². The van der Waals surface area contributed by atoms with E-state index in [1.54, 1.807) is 7.11 Å². The summed E-state index contributed by atoms with van der Waals surface area (Å²) in [6, 6.07) is 0. The van der Waals surface area contributed by atoms with Gasteiger partial charge in [0, 0.05) is 20.1 Å². The van der Waals surface area contributed by atoms with Crippen LogP contribution in [0.3, 0.4) is 0 Å². The fraction of sp³-hybridized carbons (Fsp3) is 0.750. The lowest BCUT2D eigenvalue weighted by Crippen LogP contribution is -2.17. The first-order chi connectivity index (χ1) is 10.2. The monoisotopic (exact) mass is 403 g/mol. The standard InChI is InChI=1S/C16H26IN3O/c1-4-5-11-6-8-12(9-7-11)15-19-13(10-21-3)14(17)16(18-2)20-15/h11-12H,4-10H2,1-3H3,(H,18,19,20). The van der Waals surface area contributed by atoms with Crippen LogP contribution in [0.15, 0.2) is 0 Å². The molecule has 1 aromatic heterocycles. The average Bonchev–Trinajstić information content (AvgIpc) is 2.51. The van der Waals surface area contributed by atoms with Crippen LogP contribution in [-0.4, -0.2) is 24.1 Å². The molecule has 0 aromatic carbocycles. The number of hydrogen-bond acceptors (Lipinski definition) is 4. The van der Waals surface area contributed by atoms with Crippen molar-refractivity contribution < 1.29 is 4.74 Å². The molecule has 1 aliphatic carbocycles. The van der Waals surface area contributed by atoms with E-state index in [-0.39, 0.29) is 0 Å². The third-order valence-electron chi connectivity index (χ3n) is 4.36. The van der Waals surface area contributed by atoms with Gasteiger partial charge in [-0.3, -0.25) is 0 Å². The normalized spacial score (nSPS) is 22.3. The van der Waals surface area contributed by atoms with Crippen LogP contribution < -0.4 is 5.32 Å². The Hall–Kier alpha value is -0.430. The third-order valence-corrected chi connectivity index (χ3v) is 5.50. The molecule has 21 heavy (non-hydrogen) atoms. The van der Waals surface area contributed by atoms with E-state index in [0.717, 1.165) is 26.8 Å². The molecule has 0 spiro atoms. The number of hydrogen-bond donors (Lipinski definition) is 1. The molecule has 1 aromatic rings. The van der Waals surface area contributed by atoms with Gasteiger partial charge in [0.05, 0.1) is 15.9 Å². The molecule has 4 nitrogen and oxygen atoms in total. The first-order valence-electron chi connectivity index (χ1n) is 7.92. The van der Waals surface area contributed by atoms with E-state index in [0.29, 0.717) is 12.5 Å². The van der Waals surface area contributed by atoms with Gasteiger partial charge >= 0.3 is 0 Å². The SMILES string of the molecule is CCCC1CCC(c2nc(COC)c(I)c(NC)n2)CC1. The predicted molar refractivity (Wildman–Crippen MR) is 94.6 cm³/mol. The van der Waals surface area contributed by atoms with E-state index in [2.05, 4.69) is 34.8 Å². The number of ether oxygens (including phenoxy) is 1. The number of aromatic nitrogens is 2. The first kappa shape index (κ1) is 16.9. The minimum absolute atomic E-state index is 0.512. The van der Waals surface area contributed by atoms with Gasteiger partial charge in [-0.2, -0.15) is 0 Å². The lowest BCUT2D eigenvalue weighted by Gasteiger charge is -2.28. The highest BCUT2D eigenvalue weighted by atomic mass is 127. The van der Waals surface area contributed by atoms with Crippen molar-refractivity contribution in [3.05, 3.63) is 15.1 Å². The second-order valence-electron chi connectivity index (χ2n) is 5.88. The molecule has 2 rings (SSSR count). The molecule has 1 saturated carbocycles. The maximum absolute atomic E-state index is 5.28. The van der Waals surface area contributed by atoms with Crippen LogP contribution in [-0.2, 0) is 11.3 Å². The van der Waals surface area contributed by atoms with Crippen molar-refractivity contribution in [3.8, 4) is 0 Å². The van der Waals surface area contributed by atoms with E-state index in [1.165, 1.54) is 38.5 Å². The Morgan fingerprint density at radius 1 is 1.24 bits per heavy atom. The first-order valence-corrected chi connectivity index (χ1v) is 9.00. The number of nitrogens with one attached hydrogen (secondary N) is 1. The van der Waals surface area contributed by atoms with Gasteiger partial charge < -0.3 is 10.1 Å². The maximum Gasteiger partial charge on any atom is 0.143 e. The van der Waals surface area contributed by atoms with Crippen LogP contribution >= 0.6 is 22.6 Å². The van der Waals surface area contributed by atoms with Gasteiger partial charge in [-0.25, -0.2) is 9.97 Å². The van der Waals surface area contributed by atoms with Crippen LogP contribution in [0.1, 0.15) is 62.9 Å². The molecule has 1 heterocycles. The molecule has 1 aliphatic rings. The average molecular weight is 403 g/mol. The van der Waals surface area contributed by atoms with Crippen LogP contribution in [0.25, 0.3) is 0 Å². The molecular formula is C16H26IN3O. The Morgan fingerprint density at radius 3 is 2.52 bits per heavy atom. The molecule has 0 bridgehead atoms. The Balaban J connectivity index is 2.14. The zero-order valence-corrected chi connectivity index (χ0v) is 15.4. The van der Waals surface area contributed by atoms with E-state index in [1.807, 2.05) is 7.05 Å². The van der Waals surface area contributed by atoms with Crippen molar-refractivity contribution in [1.82, 2.24) is 9.97 Å². The van der Waals surface area contributed by atoms with Gasteiger partial charge in [0.15, 0.2) is 0 Å². The van der Waals surface area contributed by atoms with Gasteiger partial charge in [0.25, 0.3) is 0 Å². The number of halogens is 1. The summed E-state index contributed by atoms with van der Waals surface area (Å²) in [5.74, 6) is 3.36. The smallest absolute Gasteiger partial charge is 0.143 e. The lowest BCUT2D eigenvalue weighted by molar-refractivity contribution is 0.180. The summed E-state index contributed by atoms with van der Waals surface area (Å²) in [6.07, 6.45) is 7.76. The molecule has 5 heteroatoms. The van der Waals surface area contributed by atoms with Gasteiger partial charge in [0.1, 0.15) is 11.6 Å². The maximum atomic E-state index is 5.28. The summed E-state index contributed by atoms with van der Waals surface area (Å²) in [7, 11) is 3.63. The summed E-state index contributed by atoms with van der Waals surface area (Å²) in [5, 5.41) is 3.19. The zero-order valence-electron chi connectivity index (χ0n) is 13.3. The summed E-state index contributed by atoms with van der Waals surface area (Å²) in [5.41, 5.74) is 1.00. The number of anilines is 1. The Labute approximate surface area is 141 Å². The lowest BCUT2D eigenvalue weighted by atomic mass is 9.80. The highest BCUT2D eigenvalue weighted by molar-refractivity contribution is 14.1. The van der Waals surface area contributed by atoms with Crippen molar-refractivity contribution in [3.63, 3.8) is 0 Å². The second kappa shape index (κ2) is 8.27. The predicted octanol–water partition coefficient (Wildman–Crippen LogP) is 4.34. The highest BCUT2D eigenvalue weighted by Crippen LogP contribution is 2.37. The zero-order chi connectivity index (χ0) is 15.2. The quantitative estimate of drug-likeness (QED) is 0.718. The summed E-state index contributed by atoms with van der Waals surface area (Å²) in [6.45, 7) is 2.83. The molecule has 0 aliphatic heterocycles. The van der Waals surface area contributed by atoms with E-state index >= 15 is 0 Å². The van der Waals surface area contributed by atoms with Gasteiger partial charge in [-0.15, -0.1) is 0 Å². The number of methoxy groups -OCH3 is 1. The van der Waals surface area contributed by atoms with Crippen LogP contribution in [0.2, 0.25) is 0 Å². The van der Waals surface area contributed by atoms with E-state index < -0.39 is 0 Å². The van der Waals surface area contributed by atoms with Gasteiger partial charge in [-0.1, -0.05) is 19.8 Å². The number of nitrogens with zero attached hydrogens (tertiary/aromatic N) is 2. The Bertz CT molecular complexity index is 459. The largest absolute Gasteiger partial charge is 0.378 e. The van der Waals surface area contributed by atoms with E-state index in [4.69, 9.17) is 14.7 Å². The molecule has 0 radical (unpaired) electrons. The molecular weight excluding hydrogens is 377 g/mol. The van der Waals surface area contributed by atoms with Crippen molar-refractivity contribution in [2.45, 2.75) is 58.0 Å². The van der Waals surface area contributed by atoms with Gasteiger partial charge in [-0.05, 0) is 54.2 Å². The van der Waals surface area contributed by atoms with Crippen molar-refractivity contribution in [2.24, 2.45) is 5.92 Å². The van der Waals surface area contributed by atoms with Crippen LogP contribution in [0.4, 0.5) is 5.82 Å². The molecule has 0 unspecified atom stereocenters. The highest BCUT2D eigenvalue weighted by Gasteiger charge is 2.25. The summed E-state index contributed by atoms with van der Waals surface area (Å²) < 4.78 is 6.35. The fourth-order valence-electron chi connectivity index (χ4n) is 3.21. The molecule has 1 fully saturated rings. The minimum atomic E-state index is 0.512. The molecule has 1 N–H and O–H groups in total. The Morgan fingerprint density at radius 2 is 1.95 bits per heavy atom. The third kappa shape index (κ3) is 4.28. The minimum Gasteiger partial charge on any atom is -0.378 e. The molecule has 0 saturated heterocycles. The van der Waals surface area contributed by atoms with E-state index in [9.17, 15) is 0 Å². The molecule has 0 atom stereocenters. The second-order valence-corrected chi connectivity index (χ2v) is 6.96. The molecule has 0 amide bonds. The Kier molecular flexibility index (Phi) is 6.67. The van der Waals surface area contributed by atoms with Crippen molar-refractivity contribution in [1.29, 1.82) is 0 Å². The van der Waals surface area contributed by atoms with Gasteiger partial charge in [0.2, 0.25) is 0 Å². The van der Waals surface area contributed by atoms with Crippen LogP contribution in [0.5, 0.6) is 0 Å². The van der Waals surface area contributed by atoms with Crippen molar-refractivity contribution >= 4 is 28.4 Å². The fourth-order valence-corrected chi connectivity index (χ4v) is 3.88. The summed E-state index contributed by atoms with van der Waals surface area (Å²) in [4.78, 5) is 9.52. The summed E-state index contributed by atoms with van der Waals surface area (Å²) >= 11 is 2.30. The number of rotatable bonds is 6. The van der Waals surface area contributed by atoms with Crippen molar-refractivity contribution in [2.75, 3.05) is 19.5 Å². The molecule has 118 valence electrons. The topological polar surface area (TPSA) is 47.0 Å².